The third-order valence-corrected chi connectivity index (χ3v) is 3.70. The van der Waals surface area contributed by atoms with Gasteiger partial charge in [0.25, 0.3) is 11.8 Å². The van der Waals surface area contributed by atoms with Gasteiger partial charge in [-0.25, -0.2) is 5.43 Å². The van der Waals surface area contributed by atoms with Gasteiger partial charge in [-0.05, 0) is 23.9 Å². The standard InChI is InChI=1S/C16H17N3O2S/c1-12(10-13-6-3-2-4-7-13)18-19-15(20)11-17-16(21)14-8-5-9-22-14/h2-9H,10-11H2,1H3,(H,17,21)(H,19,20). The average Bonchev–Trinajstić information content (AvgIpc) is 3.06. The lowest BCUT2D eigenvalue weighted by molar-refractivity contribution is -0.120. The Balaban J connectivity index is 1.75. The third kappa shape index (κ3) is 5.14. The molecule has 0 radical (unpaired) electrons. The van der Waals surface area contributed by atoms with Crippen LogP contribution >= 0.6 is 11.3 Å². The highest BCUT2D eigenvalue weighted by molar-refractivity contribution is 7.12. The van der Waals surface area contributed by atoms with E-state index < -0.39 is 0 Å². The van der Waals surface area contributed by atoms with Gasteiger partial charge in [-0.1, -0.05) is 36.4 Å². The van der Waals surface area contributed by atoms with Crippen LogP contribution in [0.5, 0.6) is 0 Å². The van der Waals surface area contributed by atoms with E-state index in [2.05, 4.69) is 15.8 Å². The molecule has 0 aliphatic rings. The molecule has 1 heterocycles. The van der Waals surface area contributed by atoms with Gasteiger partial charge in [0.1, 0.15) is 0 Å². The van der Waals surface area contributed by atoms with Crippen LogP contribution in [0, 0.1) is 0 Å². The van der Waals surface area contributed by atoms with E-state index in [0.717, 1.165) is 11.3 Å². The fourth-order valence-corrected chi connectivity index (χ4v) is 2.42. The molecule has 2 amide bonds. The summed E-state index contributed by atoms with van der Waals surface area (Å²) < 4.78 is 0. The first-order valence-electron chi connectivity index (χ1n) is 6.83. The number of nitrogens with one attached hydrogen (secondary N) is 2. The predicted molar refractivity (Wildman–Crippen MR) is 88.0 cm³/mol. The first-order chi connectivity index (χ1) is 10.6. The van der Waals surface area contributed by atoms with E-state index in [1.165, 1.54) is 11.3 Å². The number of rotatable bonds is 6. The number of nitrogens with zero attached hydrogens (tertiary/aromatic N) is 1. The lowest BCUT2D eigenvalue weighted by atomic mass is 10.1. The van der Waals surface area contributed by atoms with Crippen molar-refractivity contribution in [3.05, 3.63) is 58.3 Å². The summed E-state index contributed by atoms with van der Waals surface area (Å²) >= 11 is 1.33. The molecule has 0 fully saturated rings. The van der Waals surface area contributed by atoms with Crippen LogP contribution in [0.4, 0.5) is 0 Å². The molecular formula is C16H17N3O2S. The molecule has 6 heteroatoms. The Bertz CT molecular complexity index is 651. The molecule has 2 aromatic rings. The molecule has 114 valence electrons. The van der Waals surface area contributed by atoms with E-state index in [1.54, 1.807) is 12.1 Å². The molecule has 1 aromatic heterocycles. The third-order valence-electron chi connectivity index (χ3n) is 2.83. The first kappa shape index (κ1) is 15.9. The Labute approximate surface area is 133 Å². The summed E-state index contributed by atoms with van der Waals surface area (Å²) in [5.41, 5.74) is 4.37. The summed E-state index contributed by atoms with van der Waals surface area (Å²) in [5.74, 6) is -0.604. The van der Waals surface area contributed by atoms with Crippen LogP contribution in [-0.2, 0) is 11.2 Å². The maximum atomic E-state index is 11.7. The van der Waals surface area contributed by atoms with E-state index in [9.17, 15) is 9.59 Å². The second-order valence-corrected chi connectivity index (χ2v) is 5.65. The lowest BCUT2D eigenvalue weighted by Crippen LogP contribution is -2.34. The summed E-state index contributed by atoms with van der Waals surface area (Å²) in [6, 6.07) is 13.4. The van der Waals surface area contributed by atoms with E-state index in [0.29, 0.717) is 11.3 Å². The van der Waals surface area contributed by atoms with Crippen molar-refractivity contribution in [1.29, 1.82) is 0 Å². The van der Waals surface area contributed by atoms with Gasteiger partial charge in [0, 0.05) is 12.1 Å². The maximum absolute atomic E-state index is 11.7. The second-order valence-electron chi connectivity index (χ2n) is 4.70. The van der Waals surface area contributed by atoms with Crippen molar-refractivity contribution in [2.45, 2.75) is 13.3 Å². The molecular weight excluding hydrogens is 298 g/mol. The summed E-state index contributed by atoms with van der Waals surface area (Å²) in [5, 5.41) is 8.39. The molecule has 0 aliphatic heterocycles. The summed E-state index contributed by atoms with van der Waals surface area (Å²) in [7, 11) is 0. The van der Waals surface area contributed by atoms with Gasteiger partial charge >= 0.3 is 0 Å². The predicted octanol–water partition coefficient (Wildman–Crippen LogP) is 2.21. The van der Waals surface area contributed by atoms with Crippen molar-refractivity contribution >= 4 is 28.9 Å². The zero-order valence-corrected chi connectivity index (χ0v) is 13.0. The monoisotopic (exact) mass is 315 g/mol. The highest BCUT2D eigenvalue weighted by Crippen LogP contribution is 2.07. The van der Waals surface area contributed by atoms with Crippen molar-refractivity contribution < 1.29 is 9.59 Å². The van der Waals surface area contributed by atoms with Gasteiger partial charge in [-0.15, -0.1) is 11.3 Å². The Morgan fingerprint density at radius 1 is 1.14 bits per heavy atom. The van der Waals surface area contributed by atoms with Crippen LogP contribution in [0.25, 0.3) is 0 Å². The maximum Gasteiger partial charge on any atom is 0.261 e. The summed E-state index contributed by atoms with van der Waals surface area (Å²) in [4.78, 5) is 23.9. The van der Waals surface area contributed by atoms with Gasteiger partial charge in [-0.3, -0.25) is 9.59 Å². The number of benzene rings is 1. The van der Waals surface area contributed by atoms with Crippen molar-refractivity contribution in [1.82, 2.24) is 10.7 Å². The molecule has 0 atom stereocenters. The first-order valence-corrected chi connectivity index (χ1v) is 7.71. The number of hydrazone groups is 1. The Hall–Kier alpha value is -2.47. The quantitative estimate of drug-likeness (QED) is 0.634. The Morgan fingerprint density at radius 3 is 2.59 bits per heavy atom. The SMILES string of the molecule is CC(Cc1ccccc1)=NNC(=O)CNC(=O)c1cccs1. The Morgan fingerprint density at radius 2 is 1.91 bits per heavy atom. The molecule has 0 saturated carbocycles. The fourth-order valence-electron chi connectivity index (χ4n) is 1.78. The highest BCUT2D eigenvalue weighted by atomic mass is 32.1. The van der Waals surface area contributed by atoms with Gasteiger partial charge in [-0.2, -0.15) is 5.10 Å². The molecule has 22 heavy (non-hydrogen) atoms. The van der Waals surface area contributed by atoms with Crippen LogP contribution in [0.2, 0.25) is 0 Å². The number of hydrogen-bond donors (Lipinski definition) is 2. The molecule has 1 aromatic carbocycles. The molecule has 0 unspecified atom stereocenters. The zero-order chi connectivity index (χ0) is 15.8. The van der Waals surface area contributed by atoms with Gasteiger partial charge in [0.15, 0.2) is 0 Å². The summed E-state index contributed by atoms with van der Waals surface area (Å²) in [6.45, 7) is 1.75. The molecule has 0 bridgehead atoms. The topological polar surface area (TPSA) is 70.6 Å². The van der Waals surface area contributed by atoms with E-state index in [-0.39, 0.29) is 18.4 Å². The van der Waals surface area contributed by atoms with Crippen molar-refractivity contribution in [2.75, 3.05) is 6.54 Å². The molecule has 0 aliphatic carbocycles. The number of carbonyl (C=O) groups is 2. The van der Waals surface area contributed by atoms with Crippen molar-refractivity contribution in [3.8, 4) is 0 Å². The average molecular weight is 315 g/mol. The molecule has 2 N–H and O–H groups in total. The van der Waals surface area contributed by atoms with E-state index in [1.807, 2.05) is 42.6 Å². The molecule has 2 rings (SSSR count). The minimum Gasteiger partial charge on any atom is -0.342 e. The van der Waals surface area contributed by atoms with Crippen LogP contribution in [-0.4, -0.2) is 24.1 Å². The van der Waals surface area contributed by atoms with Crippen LogP contribution < -0.4 is 10.7 Å². The number of amides is 2. The Kier molecular flexibility index (Phi) is 5.85. The minimum absolute atomic E-state index is 0.0984. The van der Waals surface area contributed by atoms with Gasteiger partial charge in [0.05, 0.1) is 11.4 Å². The number of thiophene rings is 1. The molecule has 5 nitrogen and oxygen atoms in total. The summed E-state index contributed by atoms with van der Waals surface area (Å²) in [6.07, 6.45) is 0.669. The van der Waals surface area contributed by atoms with Gasteiger partial charge < -0.3 is 5.32 Å². The number of hydrogen-bond acceptors (Lipinski definition) is 4. The zero-order valence-electron chi connectivity index (χ0n) is 12.2. The largest absolute Gasteiger partial charge is 0.342 e. The second kappa shape index (κ2) is 8.09. The van der Waals surface area contributed by atoms with Crippen LogP contribution in [0.15, 0.2) is 52.9 Å². The van der Waals surface area contributed by atoms with E-state index in [4.69, 9.17) is 0 Å². The van der Waals surface area contributed by atoms with Crippen molar-refractivity contribution in [3.63, 3.8) is 0 Å². The van der Waals surface area contributed by atoms with Crippen LogP contribution in [0.1, 0.15) is 22.2 Å². The van der Waals surface area contributed by atoms with Crippen molar-refractivity contribution in [2.24, 2.45) is 5.10 Å². The van der Waals surface area contributed by atoms with E-state index >= 15 is 0 Å². The lowest BCUT2D eigenvalue weighted by Gasteiger charge is -2.04. The fraction of sp³-hybridized carbons (Fsp3) is 0.188. The minimum atomic E-state index is -0.350. The normalized spacial score (nSPS) is 11.0. The molecule has 0 saturated heterocycles. The van der Waals surface area contributed by atoms with Crippen LogP contribution in [0.3, 0.4) is 0 Å². The van der Waals surface area contributed by atoms with Gasteiger partial charge in [0.2, 0.25) is 0 Å². The number of carbonyl (C=O) groups excluding carboxylic acids is 2. The smallest absolute Gasteiger partial charge is 0.261 e. The highest BCUT2D eigenvalue weighted by Gasteiger charge is 2.08. The molecule has 0 spiro atoms.